The van der Waals surface area contributed by atoms with Crippen LogP contribution in [0.2, 0.25) is 5.02 Å². The molecule has 1 fully saturated rings. The molecule has 1 atom stereocenters. The molecule has 1 aromatic carbocycles. The fourth-order valence-corrected chi connectivity index (χ4v) is 2.41. The molecule has 1 aliphatic rings. The van der Waals surface area contributed by atoms with Crippen molar-refractivity contribution in [1.29, 1.82) is 0 Å². The predicted octanol–water partition coefficient (Wildman–Crippen LogP) is 2.68. The number of halogens is 1. The van der Waals surface area contributed by atoms with Crippen molar-refractivity contribution in [2.24, 2.45) is 5.92 Å². The van der Waals surface area contributed by atoms with E-state index in [1.807, 2.05) is 13.0 Å². The molecule has 0 aromatic heterocycles. The minimum absolute atomic E-state index is 0.0408. The van der Waals surface area contributed by atoms with E-state index in [-0.39, 0.29) is 11.8 Å². The van der Waals surface area contributed by atoms with Gasteiger partial charge in [-0.2, -0.15) is 0 Å². The van der Waals surface area contributed by atoms with E-state index in [4.69, 9.17) is 16.3 Å². The highest BCUT2D eigenvalue weighted by molar-refractivity contribution is 6.32. The van der Waals surface area contributed by atoms with Gasteiger partial charge >= 0.3 is 0 Å². The molecule has 0 spiro atoms. The molecule has 1 aromatic rings. The quantitative estimate of drug-likeness (QED) is 0.893. The number of ether oxygens (including phenoxy) is 1. The number of rotatable bonds is 4. The Balaban J connectivity index is 1.98. The van der Waals surface area contributed by atoms with Crippen molar-refractivity contribution >= 4 is 23.2 Å². The first-order valence-corrected chi connectivity index (χ1v) is 7.02. The molecular formula is C14H19ClN2O2. The van der Waals surface area contributed by atoms with Crippen LogP contribution in [0.4, 0.5) is 5.69 Å². The average molecular weight is 283 g/mol. The number of carbonyl (C=O) groups is 1. The third-order valence-electron chi connectivity index (χ3n) is 3.17. The van der Waals surface area contributed by atoms with Gasteiger partial charge in [0.15, 0.2) is 0 Å². The molecule has 0 bridgehead atoms. The standard InChI is InChI=1S/C14H19ClN2O2/c1-2-19-13-6-5-11(8-12(13)15)17-14(18)10-4-3-7-16-9-10/h5-6,8,10,16H,2-4,7,9H2,1H3,(H,17,18)/t10-/m1/s1. The first-order valence-electron chi connectivity index (χ1n) is 6.64. The fraction of sp³-hybridized carbons (Fsp3) is 0.500. The zero-order valence-electron chi connectivity index (χ0n) is 11.0. The Morgan fingerprint density at radius 3 is 3.05 bits per heavy atom. The highest BCUT2D eigenvalue weighted by Gasteiger charge is 2.20. The highest BCUT2D eigenvalue weighted by Crippen LogP contribution is 2.28. The van der Waals surface area contributed by atoms with Gasteiger partial charge < -0.3 is 15.4 Å². The summed E-state index contributed by atoms with van der Waals surface area (Å²) >= 11 is 6.09. The number of nitrogens with one attached hydrogen (secondary N) is 2. The van der Waals surface area contributed by atoms with Crippen molar-refractivity contribution in [2.75, 3.05) is 25.0 Å². The van der Waals surface area contributed by atoms with Crippen LogP contribution in [0, 0.1) is 5.92 Å². The molecule has 1 aliphatic heterocycles. The van der Waals surface area contributed by atoms with Crippen LogP contribution < -0.4 is 15.4 Å². The number of anilines is 1. The molecule has 1 amide bonds. The van der Waals surface area contributed by atoms with Crippen molar-refractivity contribution in [3.05, 3.63) is 23.2 Å². The van der Waals surface area contributed by atoms with Crippen LogP contribution in [0.3, 0.4) is 0 Å². The van der Waals surface area contributed by atoms with Crippen LogP contribution in [0.25, 0.3) is 0 Å². The van der Waals surface area contributed by atoms with Gasteiger partial charge in [0.25, 0.3) is 0 Å². The molecule has 0 radical (unpaired) electrons. The summed E-state index contributed by atoms with van der Waals surface area (Å²) in [6, 6.07) is 5.31. The van der Waals surface area contributed by atoms with E-state index in [2.05, 4.69) is 10.6 Å². The molecule has 2 rings (SSSR count). The molecular weight excluding hydrogens is 264 g/mol. The maximum atomic E-state index is 12.1. The van der Waals surface area contributed by atoms with Gasteiger partial charge in [0.2, 0.25) is 5.91 Å². The number of hydrogen-bond acceptors (Lipinski definition) is 3. The molecule has 1 heterocycles. The van der Waals surface area contributed by atoms with E-state index < -0.39 is 0 Å². The summed E-state index contributed by atoms with van der Waals surface area (Å²) in [6.45, 7) is 4.22. The van der Waals surface area contributed by atoms with E-state index in [0.717, 1.165) is 25.9 Å². The number of carbonyl (C=O) groups excluding carboxylic acids is 1. The van der Waals surface area contributed by atoms with Gasteiger partial charge in [0.05, 0.1) is 17.5 Å². The monoisotopic (exact) mass is 282 g/mol. The summed E-state index contributed by atoms with van der Waals surface area (Å²) in [5.74, 6) is 0.730. The summed E-state index contributed by atoms with van der Waals surface area (Å²) in [5.41, 5.74) is 0.712. The molecule has 4 nitrogen and oxygen atoms in total. The summed E-state index contributed by atoms with van der Waals surface area (Å²) in [6.07, 6.45) is 1.98. The number of hydrogen-bond donors (Lipinski definition) is 2. The largest absolute Gasteiger partial charge is 0.492 e. The zero-order chi connectivity index (χ0) is 13.7. The van der Waals surface area contributed by atoms with Crippen LogP contribution in [-0.4, -0.2) is 25.6 Å². The minimum Gasteiger partial charge on any atom is -0.492 e. The molecule has 2 N–H and O–H groups in total. The molecule has 1 saturated heterocycles. The van der Waals surface area contributed by atoms with Gasteiger partial charge in [-0.15, -0.1) is 0 Å². The van der Waals surface area contributed by atoms with Gasteiger partial charge in [0, 0.05) is 12.2 Å². The van der Waals surface area contributed by atoms with E-state index in [1.165, 1.54) is 0 Å². The maximum absolute atomic E-state index is 12.1. The van der Waals surface area contributed by atoms with Gasteiger partial charge in [-0.3, -0.25) is 4.79 Å². The SMILES string of the molecule is CCOc1ccc(NC(=O)[C@@H]2CCCNC2)cc1Cl. The lowest BCUT2D eigenvalue weighted by Crippen LogP contribution is -2.37. The Kier molecular flexibility index (Phi) is 5.05. The fourth-order valence-electron chi connectivity index (χ4n) is 2.17. The van der Waals surface area contributed by atoms with Gasteiger partial charge in [-0.25, -0.2) is 0 Å². The molecule has 0 aliphatic carbocycles. The Morgan fingerprint density at radius 1 is 1.58 bits per heavy atom. The number of amides is 1. The first-order chi connectivity index (χ1) is 9.20. The molecule has 19 heavy (non-hydrogen) atoms. The molecule has 0 saturated carbocycles. The van der Waals surface area contributed by atoms with Crippen LogP contribution in [-0.2, 0) is 4.79 Å². The normalized spacial score (nSPS) is 18.9. The van der Waals surface area contributed by atoms with Crippen molar-refractivity contribution in [1.82, 2.24) is 5.32 Å². The Labute approximate surface area is 118 Å². The highest BCUT2D eigenvalue weighted by atomic mass is 35.5. The van der Waals surface area contributed by atoms with Crippen molar-refractivity contribution in [2.45, 2.75) is 19.8 Å². The summed E-state index contributed by atoms with van der Waals surface area (Å²) in [5, 5.41) is 6.65. The predicted molar refractivity (Wildman–Crippen MR) is 76.8 cm³/mol. The maximum Gasteiger partial charge on any atom is 0.228 e. The topological polar surface area (TPSA) is 50.4 Å². The average Bonchev–Trinajstić information content (AvgIpc) is 2.43. The van der Waals surface area contributed by atoms with Gasteiger partial charge in [-0.05, 0) is 44.5 Å². The minimum atomic E-state index is 0.0408. The van der Waals surface area contributed by atoms with Crippen LogP contribution in [0.15, 0.2) is 18.2 Å². The second-order valence-corrected chi connectivity index (χ2v) is 5.02. The lowest BCUT2D eigenvalue weighted by Gasteiger charge is -2.22. The Hall–Kier alpha value is -1.26. The van der Waals surface area contributed by atoms with Crippen LogP contribution in [0.5, 0.6) is 5.75 Å². The van der Waals surface area contributed by atoms with E-state index >= 15 is 0 Å². The van der Waals surface area contributed by atoms with Crippen LogP contribution in [0.1, 0.15) is 19.8 Å². The second kappa shape index (κ2) is 6.78. The van der Waals surface area contributed by atoms with Gasteiger partial charge in [-0.1, -0.05) is 11.6 Å². The number of benzene rings is 1. The summed E-state index contributed by atoms with van der Waals surface area (Å²) in [7, 11) is 0. The second-order valence-electron chi connectivity index (χ2n) is 4.61. The van der Waals surface area contributed by atoms with Crippen molar-refractivity contribution in [3.8, 4) is 5.75 Å². The van der Waals surface area contributed by atoms with E-state index in [9.17, 15) is 4.79 Å². The summed E-state index contributed by atoms with van der Waals surface area (Å²) < 4.78 is 5.36. The van der Waals surface area contributed by atoms with E-state index in [0.29, 0.717) is 23.1 Å². The molecule has 104 valence electrons. The van der Waals surface area contributed by atoms with Crippen molar-refractivity contribution in [3.63, 3.8) is 0 Å². The van der Waals surface area contributed by atoms with E-state index in [1.54, 1.807) is 12.1 Å². The number of piperidine rings is 1. The van der Waals surface area contributed by atoms with Crippen molar-refractivity contribution < 1.29 is 9.53 Å². The molecule has 5 heteroatoms. The molecule has 0 unspecified atom stereocenters. The third kappa shape index (κ3) is 3.85. The zero-order valence-corrected chi connectivity index (χ0v) is 11.8. The lowest BCUT2D eigenvalue weighted by molar-refractivity contribution is -0.120. The summed E-state index contributed by atoms with van der Waals surface area (Å²) in [4.78, 5) is 12.1. The first kappa shape index (κ1) is 14.2. The van der Waals surface area contributed by atoms with Crippen LogP contribution >= 0.6 is 11.6 Å². The Bertz CT molecular complexity index is 445. The van der Waals surface area contributed by atoms with Gasteiger partial charge in [0.1, 0.15) is 5.75 Å². The Morgan fingerprint density at radius 2 is 2.42 bits per heavy atom. The lowest BCUT2D eigenvalue weighted by atomic mass is 9.99. The third-order valence-corrected chi connectivity index (χ3v) is 3.46. The smallest absolute Gasteiger partial charge is 0.228 e.